The molecule has 1 aromatic rings. The molecule has 0 bridgehead atoms. The van der Waals surface area contributed by atoms with Gasteiger partial charge in [0.05, 0.1) is 20.7 Å². The van der Waals surface area contributed by atoms with E-state index in [4.69, 9.17) is 0 Å². The van der Waals surface area contributed by atoms with Crippen LogP contribution in [-0.2, 0) is 4.74 Å². The minimum absolute atomic E-state index is 0.00912. The van der Waals surface area contributed by atoms with Crippen LogP contribution in [0.1, 0.15) is 17.3 Å². The smallest absolute Gasteiger partial charge is 0.338 e. The number of esters is 1. The lowest BCUT2D eigenvalue weighted by atomic mass is 10.2. The number of nitro benzene ring substituents is 1. The summed E-state index contributed by atoms with van der Waals surface area (Å²) in [7, 11) is 0. The van der Waals surface area contributed by atoms with Crippen molar-refractivity contribution in [3.05, 3.63) is 37.2 Å². The molecule has 0 atom stereocenters. The number of nitrogens with zero attached hydrogens (tertiary/aromatic N) is 1. The van der Waals surface area contributed by atoms with Crippen LogP contribution in [0.5, 0.6) is 0 Å². The van der Waals surface area contributed by atoms with Crippen LogP contribution in [0, 0.1) is 19.5 Å². The molecule has 0 aromatic heterocycles. The maximum atomic E-state index is 13.3. The molecular formula is C9H7FINO4. The summed E-state index contributed by atoms with van der Waals surface area (Å²) in [4.78, 5) is 21.0. The zero-order valence-corrected chi connectivity index (χ0v) is 10.4. The Labute approximate surface area is 104 Å². The highest BCUT2D eigenvalue weighted by molar-refractivity contribution is 14.1. The standard InChI is InChI=1S/C9H7FINO4/c1-2-16-9(13)5-3-6(11)8(10)7(4-5)12(14)15/h3-4H,2H2,1H3. The second-order valence-electron chi connectivity index (χ2n) is 2.77. The molecule has 0 spiro atoms. The van der Waals surface area contributed by atoms with Gasteiger partial charge in [0.25, 0.3) is 0 Å². The number of hydrogen-bond donors (Lipinski definition) is 0. The molecule has 0 amide bonds. The van der Waals surface area contributed by atoms with Gasteiger partial charge < -0.3 is 4.74 Å². The highest BCUT2D eigenvalue weighted by Crippen LogP contribution is 2.24. The molecule has 0 fully saturated rings. The molecule has 1 aromatic carbocycles. The Morgan fingerprint density at radius 1 is 1.62 bits per heavy atom. The number of nitro groups is 1. The third kappa shape index (κ3) is 2.65. The van der Waals surface area contributed by atoms with Crippen molar-refractivity contribution < 1.29 is 18.8 Å². The predicted molar refractivity (Wildman–Crippen MR) is 61.7 cm³/mol. The summed E-state index contributed by atoms with van der Waals surface area (Å²) in [6.45, 7) is 1.77. The molecule has 16 heavy (non-hydrogen) atoms. The van der Waals surface area contributed by atoms with E-state index in [9.17, 15) is 19.3 Å². The van der Waals surface area contributed by atoms with Gasteiger partial charge in [-0.1, -0.05) is 0 Å². The van der Waals surface area contributed by atoms with Crippen molar-refractivity contribution >= 4 is 34.2 Å². The van der Waals surface area contributed by atoms with Gasteiger partial charge in [0.15, 0.2) is 0 Å². The summed E-state index contributed by atoms with van der Waals surface area (Å²) in [5, 5.41) is 10.5. The number of benzene rings is 1. The minimum Gasteiger partial charge on any atom is -0.462 e. The topological polar surface area (TPSA) is 69.4 Å². The Balaban J connectivity index is 3.24. The van der Waals surface area contributed by atoms with Crippen molar-refractivity contribution in [3.8, 4) is 0 Å². The zero-order chi connectivity index (χ0) is 12.3. The third-order valence-corrected chi connectivity index (χ3v) is 2.50. The molecule has 0 saturated heterocycles. The number of halogens is 2. The van der Waals surface area contributed by atoms with Crippen LogP contribution in [0.3, 0.4) is 0 Å². The Bertz CT molecular complexity index is 449. The first-order chi connectivity index (χ1) is 7.47. The zero-order valence-electron chi connectivity index (χ0n) is 8.20. The van der Waals surface area contributed by atoms with Gasteiger partial charge >= 0.3 is 11.7 Å². The Hall–Kier alpha value is -1.25. The lowest BCUT2D eigenvalue weighted by molar-refractivity contribution is -0.387. The van der Waals surface area contributed by atoms with E-state index in [1.54, 1.807) is 29.5 Å². The van der Waals surface area contributed by atoms with Gasteiger partial charge in [-0.05, 0) is 35.6 Å². The van der Waals surface area contributed by atoms with E-state index < -0.39 is 22.4 Å². The molecule has 0 aliphatic rings. The minimum atomic E-state index is -0.946. The highest BCUT2D eigenvalue weighted by atomic mass is 127. The van der Waals surface area contributed by atoms with Gasteiger partial charge in [-0.25, -0.2) is 4.79 Å². The van der Waals surface area contributed by atoms with Crippen LogP contribution < -0.4 is 0 Å². The van der Waals surface area contributed by atoms with Gasteiger partial charge in [-0.2, -0.15) is 4.39 Å². The molecule has 0 radical (unpaired) electrons. The van der Waals surface area contributed by atoms with Crippen molar-refractivity contribution in [1.82, 2.24) is 0 Å². The van der Waals surface area contributed by atoms with Crippen molar-refractivity contribution in [3.63, 3.8) is 0 Å². The second-order valence-corrected chi connectivity index (χ2v) is 3.93. The Morgan fingerprint density at radius 2 is 2.25 bits per heavy atom. The maximum Gasteiger partial charge on any atom is 0.338 e. The summed E-state index contributed by atoms with van der Waals surface area (Å²) < 4.78 is 18.0. The van der Waals surface area contributed by atoms with Gasteiger partial charge in [0.1, 0.15) is 0 Å². The number of ether oxygens (including phenoxy) is 1. The summed E-state index contributed by atoms with van der Waals surface area (Å²) >= 11 is 1.58. The normalized spacial score (nSPS) is 9.94. The summed E-state index contributed by atoms with van der Waals surface area (Å²) in [5.74, 6) is -1.65. The van der Waals surface area contributed by atoms with Gasteiger partial charge in [0.2, 0.25) is 5.82 Å². The Morgan fingerprint density at radius 3 is 2.75 bits per heavy atom. The van der Waals surface area contributed by atoms with Crippen LogP contribution in [0.2, 0.25) is 0 Å². The number of carbonyl (C=O) groups excluding carboxylic acids is 1. The molecular weight excluding hydrogens is 332 g/mol. The summed E-state index contributed by atoms with van der Waals surface area (Å²) in [6.07, 6.45) is 0. The van der Waals surface area contributed by atoms with E-state index in [2.05, 4.69) is 4.74 Å². The Kier molecular flexibility index (Phi) is 4.16. The van der Waals surface area contributed by atoms with Crippen molar-refractivity contribution in [1.29, 1.82) is 0 Å². The van der Waals surface area contributed by atoms with E-state index in [0.29, 0.717) is 0 Å². The molecule has 0 heterocycles. The quantitative estimate of drug-likeness (QED) is 0.367. The summed E-state index contributed by atoms with van der Waals surface area (Å²) in [6, 6.07) is 2.08. The van der Waals surface area contributed by atoms with Crippen LogP contribution in [0.4, 0.5) is 10.1 Å². The monoisotopic (exact) mass is 339 g/mol. The van der Waals surface area contributed by atoms with Crippen molar-refractivity contribution in [2.24, 2.45) is 0 Å². The van der Waals surface area contributed by atoms with Crippen LogP contribution in [-0.4, -0.2) is 17.5 Å². The molecule has 0 saturated carbocycles. The van der Waals surface area contributed by atoms with Gasteiger partial charge in [0, 0.05) is 6.07 Å². The van der Waals surface area contributed by atoms with E-state index in [0.717, 1.165) is 6.07 Å². The number of hydrogen-bond acceptors (Lipinski definition) is 4. The van der Waals surface area contributed by atoms with Crippen LogP contribution >= 0.6 is 22.6 Å². The first-order valence-electron chi connectivity index (χ1n) is 4.28. The fourth-order valence-corrected chi connectivity index (χ4v) is 1.65. The molecule has 7 heteroatoms. The van der Waals surface area contributed by atoms with Gasteiger partial charge in [-0.3, -0.25) is 10.1 Å². The third-order valence-electron chi connectivity index (χ3n) is 1.72. The van der Waals surface area contributed by atoms with E-state index in [-0.39, 0.29) is 15.7 Å². The second kappa shape index (κ2) is 5.19. The maximum absolute atomic E-state index is 13.3. The lowest BCUT2D eigenvalue weighted by Gasteiger charge is -2.03. The lowest BCUT2D eigenvalue weighted by Crippen LogP contribution is -2.07. The molecule has 5 nitrogen and oxygen atoms in total. The average Bonchev–Trinajstić information content (AvgIpc) is 2.21. The molecule has 86 valence electrons. The first kappa shape index (κ1) is 12.8. The van der Waals surface area contributed by atoms with Crippen LogP contribution in [0.25, 0.3) is 0 Å². The van der Waals surface area contributed by atoms with Crippen molar-refractivity contribution in [2.75, 3.05) is 6.61 Å². The van der Waals surface area contributed by atoms with E-state index in [1.807, 2.05) is 0 Å². The SMILES string of the molecule is CCOC(=O)c1cc(I)c(F)c([N+](=O)[O-])c1. The molecule has 0 unspecified atom stereocenters. The van der Waals surface area contributed by atoms with E-state index in [1.165, 1.54) is 6.07 Å². The molecule has 0 aliphatic carbocycles. The highest BCUT2D eigenvalue weighted by Gasteiger charge is 2.21. The molecule has 0 N–H and O–H groups in total. The largest absolute Gasteiger partial charge is 0.462 e. The number of carbonyl (C=O) groups is 1. The average molecular weight is 339 g/mol. The fraction of sp³-hybridized carbons (Fsp3) is 0.222. The molecule has 0 aliphatic heterocycles. The van der Waals surface area contributed by atoms with Crippen LogP contribution in [0.15, 0.2) is 12.1 Å². The van der Waals surface area contributed by atoms with E-state index >= 15 is 0 Å². The fourth-order valence-electron chi connectivity index (χ4n) is 1.04. The summed E-state index contributed by atoms with van der Waals surface area (Å²) in [5.41, 5.74) is -0.755. The van der Waals surface area contributed by atoms with Crippen molar-refractivity contribution in [2.45, 2.75) is 6.92 Å². The van der Waals surface area contributed by atoms with Gasteiger partial charge in [-0.15, -0.1) is 0 Å². The predicted octanol–water partition coefficient (Wildman–Crippen LogP) is 2.52. The number of rotatable bonds is 3. The molecule has 1 rings (SSSR count). The first-order valence-corrected chi connectivity index (χ1v) is 5.35.